The molecule has 1 aliphatic rings. The second kappa shape index (κ2) is 8.52. The first-order chi connectivity index (χ1) is 10.2. The quantitative estimate of drug-likeness (QED) is 0.838. The first-order valence-electron chi connectivity index (χ1n) is 8.35. The lowest BCUT2D eigenvalue weighted by Gasteiger charge is -2.32. The van der Waals surface area contributed by atoms with E-state index in [0.29, 0.717) is 18.6 Å². The summed E-state index contributed by atoms with van der Waals surface area (Å²) in [5.74, 6) is 0.445. The van der Waals surface area contributed by atoms with Gasteiger partial charge in [-0.3, -0.25) is 4.90 Å². The molecule has 1 heterocycles. The minimum absolute atomic E-state index is 0.426. The average Bonchev–Trinajstić information content (AvgIpc) is 2.53. The van der Waals surface area contributed by atoms with Gasteiger partial charge in [0, 0.05) is 19.7 Å². The fourth-order valence-electron chi connectivity index (χ4n) is 2.92. The van der Waals surface area contributed by atoms with Crippen LogP contribution in [0.4, 0.5) is 0 Å². The molecule has 0 aromatic heterocycles. The molecule has 21 heavy (non-hydrogen) atoms. The van der Waals surface area contributed by atoms with Gasteiger partial charge in [0.25, 0.3) is 0 Å². The van der Waals surface area contributed by atoms with Crippen molar-refractivity contribution in [2.75, 3.05) is 26.2 Å². The maximum absolute atomic E-state index is 5.91. The number of likely N-dealkylation sites (tertiary alicyclic amines) is 1. The molecule has 1 aliphatic heterocycles. The molecule has 3 heteroatoms. The lowest BCUT2D eigenvalue weighted by molar-refractivity contribution is -0.00222. The van der Waals surface area contributed by atoms with Crippen molar-refractivity contribution < 1.29 is 4.74 Å². The van der Waals surface area contributed by atoms with E-state index in [1.807, 2.05) is 0 Å². The molecule has 1 fully saturated rings. The Morgan fingerprint density at radius 2 is 2.10 bits per heavy atom. The summed E-state index contributed by atoms with van der Waals surface area (Å²) >= 11 is 0. The minimum Gasteiger partial charge on any atom is -0.377 e. The predicted octanol–water partition coefficient (Wildman–Crippen LogP) is 3.14. The van der Waals surface area contributed by atoms with Gasteiger partial charge in [0.15, 0.2) is 0 Å². The van der Waals surface area contributed by atoms with Gasteiger partial charge in [0.1, 0.15) is 0 Å². The van der Waals surface area contributed by atoms with Crippen LogP contribution in [0.2, 0.25) is 0 Å². The Kier molecular flexibility index (Phi) is 6.68. The first-order valence-corrected chi connectivity index (χ1v) is 8.35. The van der Waals surface area contributed by atoms with Crippen molar-refractivity contribution >= 4 is 0 Å². The molecule has 0 saturated carbocycles. The molecule has 0 aliphatic carbocycles. The topological polar surface area (TPSA) is 38.5 Å². The molecule has 1 aromatic rings. The minimum atomic E-state index is 0.426. The summed E-state index contributed by atoms with van der Waals surface area (Å²) in [6, 6.07) is 8.94. The van der Waals surface area contributed by atoms with E-state index in [0.717, 1.165) is 26.1 Å². The summed E-state index contributed by atoms with van der Waals surface area (Å²) in [7, 11) is 0. The molecule has 2 N–H and O–H groups in total. The van der Waals surface area contributed by atoms with Gasteiger partial charge in [-0.15, -0.1) is 0 Å². The van der Waals surface area contributed by atoms with E-state index in [9.17, 15) is 0 Å². The average molecular weight is 290 g/mol. The van der Waals surface area contributed by atoms with Crippen molar-refractivity contribution in [1.82, 2.24) is 4.90 Å². The molecule has 0 bridgehead atoms. The summed E-state index contributed by atoms with van der Waals surface area (Å²) in [6.07, 6.45) is 3.99. The third kappa shape index (κ3) is 5.10. The highest BCUT2D eigenvalue weighted by molar-refractivity contribution is 5.25. The number of nitrogens with zero attached hydrogens (tertiary/aromatic N) is 1. The Morgan fingerprint density at radius 3 is 2.76 bits per heavy atom. The van der Waals surface area contributed by atoms with E-state index in [2.05, 4.69) is 43.0 Å². The summed E-state index contributed by atoms with van der Waals surface area (Å²) in [5, 5.41) is 0. The van der Waals surface area contributed by atoms with Crippen LogP contribution in [-0.2, 0) is 11.3 Å². The van der Waals surface area contributed by atoms with Crippen molar-refractivity contribution in [3.8, 4) is 0 Å². The number of hydrogen-bond donors (Lipinski definition) is 1. The Balaban J connectivity index is 1.86. The molecule has 1 aromatic carbocycles. The highest BCUT2D eigenvalue weighted by atomic mass is 16.5. The number of benzene rings is 1. The molecule has 2 atom stereocenters. The Morgan fingerprint density at radius 1 is 1.33 bits per heavy atom. The SMILES string of the molecule is CCCOC1CCCN(Cc2ccc(C(C)CN)cc2)C1. The number of nitrogens with two attached hydrogens (primary N) is 1. The van der Waals surface area contributed by atoms with Crippen molar-refractivity contribution in [2.24, 2.45) is 5.73 Å². The van der Waals surface area contributed by atoms with Crippen LogP contribution in [0.25, 0.3) is 0 Å². The summed E-state index contributed by atoms with van der Waals surface area (Å²) in [6.45, 7) is 9.24. The molecule has 3 nitrogen and oxygen atoms in total. The highest BCUT2D eigenvalue weighted by Crippen LogP contribution is 2.18. The Hall–Kier alpha value is -0.900. The van der Waals surface area contributed by atoms with E-state index < -0.39 is 0 Å². The molecular formula is C18H30N2O. The molecule has 0 radical (unpaired) electrons. The van der Waals surface area contributed by atoms with E-state index in [-0.39, 0.29) is 0 Å². The number of piperidine rings is 1. The number of ether oxygens (including phenoxy) is 1. The van der Waals surface area contributed by atoms with Crippen LogP contribution >= 0.6 is 0 Å². The van der Waals surface area contributed by atoms with Crippen molar-refractivity contribution in [3.05, 3.63) is 35.4 Å². The maximum Gasteiger partial charge on any atom is 0.0702 e. The van der Waals surface area contributed by atoms with Gasteiger partial charge >= 0.3 is 0 Å². The van der Waals surface area contributed by atoms with Crippen LogP contribution in [0.1, 0.15) is 50.2 Å². The van der Waals surface area contributed by atoms with Crippen LogP contribution in [0.15, 0.2) is 24.3 Å². The monoisotopic (exact) mass is 290 g/mol. The van der Waals surface area contributed by atoms with E-state index >= 15 is 0 Å². The second-order valence-corrected chi connectivity index (χ2v) is 6.25. The largest absolute Gasteiger partial charge is 0.377 e. The summed E-state index contributed by atoms with van der Waals surface area (Å²) < 4.78 is 5.91. The molecule has 1 saturated heterocycles. The van der Waals surface area contributed by atoms with Crippen LogP contribution in [0.3, 0.4) is 0 Å². The van der Waals surface area contributed by atoms with Crippen molar-refractivity contribution in [1.29, 1.82) is 0 Å². The normalized spacial score (nSPS) is 21.4. The van der Waals surface area contributed by atoms with Gasteiger partial charge in [-0.25, -0.2) is 0 Å². The molecule has 0 spiro atoms. The fourth-order valence-corrected chi connectivity index (χ4v) is 2.92. The van der Waals surface area contributed by atoms with Crippen molar-refractivity contribution in [3.63, 3.8) is 0 Å². The fraction of sp³-hybridized carbons (Fsp3) is 0.667. The van der Waals surface area contributed by atoms with Crippen LogP contribution < -0.4 is 5.73 Å². The summed E-state index contributed by atoms with van der Waals surface area (Å²) in [4.78, 5) is 2.52. The zero-order valence-corrected chi connectivity index (χ0v) is 13.6. The maximum atomic E-state index is 5.91. The highest BCUT2D eigenvalue weighted by Gasteiger charge is 2.20. The van der Waals surface area contributed by atoms with Crippen molar-refractivity contribution in [2.45, 2.75) is 51.7 Å². The van der Waals surface area contributed by atoms with Crippen LogP contribution in [0.5, 0.6) is 0 Å². The smallest absolute Gasteiger partial charge is 0.0702 e. The van der Waals surface area contributed by atoms with E-state index in [1.165, 1.54) is 30.5 Å². The third-order valence-electron chi connectivity index (χ3n) is 4.33. The number of rotatable bonds is 7. The summed E-state index contributed by atoms with van der Waals surface area (Å²) in [5.41, 5.74) is 8.45. The van der Waals surface area contributed by atoms with Gasteiger partial charge in [-0.05, 0) is 49.4 Å². The number of hydrogen-bond acceptors (Lipinski definition) is 3. The molecule has 0 amide bonds. The second-order valence-electron chi connectivity index (χ2n) is 6.25. The molecule has 118 valence electrons. The zero-order chi connectivity index (χ0) is 15.1. The third-order valence-corrected chi connectivity index (χ3v) is 4.33. The lowest BCUT2D eigenvalue weighted by atomic mass is 9.99. The Bertz CT molecular complexity index is 404. The van der Waals surface area contributed by atoms with Crippen LogP contribution in [0, 0.1) is 0 Å². The zero-order valence-electron chi connectivity index (χ0n) is 13.6. The van der Waals surface area contributed by atoms with Gasteiger partial charge in [-0.1, -0.05) is 38.1 Å². The van der Waals surface area contributed by atoms with Gasteiger partial charge in [0.2, 0.25) is 0 Å². The standard InChI is InChI=1S/C18H30N2O/c1-3-11-21-18-5-4-10-20(14-18)13-16-6-8-17(9-7-16)15(2)12-19/h6-9,15,18H,3-5,10-14,19H2,1-2H3. The molecule has 2 unspecified atom stereocenters. The molecular weight excluding hydrogens is 260 g/mol. The van der Waals surface area contributed by atoms with Crippen LogP contribution in [-0.4, -0.2) is 37.2 Å². The van der Waals surface area contributed by atoms with Gasteiger partial charge in [0.05, 0.1) is 6.10 Å². The van der Waals surface area contributed by atoms with E-state index in [4.69, 9.17) is 10.5 Å². The molecule has 2 rings (SSSR count). The Labute approximate surface area is 129 Å². The van der Waals surface area contributed by atoms with Gasteiger partial charge in [-0.2, -0.15) is 0 Å². The van der Waals surface area contributed by atoms with E-state index in [1.54, 1.807) is 0 Å². The first kappa shape index (κ1) is 16.5. The predicted molar refractivity (Wildman–Crippen MR) is 88.5 cm³/mol. The van der Waals surface area contributed by atoms with Gasteiger partial charge < -0.3 is 10.5 Å². The lowest BCUT2D eigenvalue weighted by Crippen LogP contribution is -2.39.